The van der Waals surface area contributed by atoms with Gasteiger partial charge in [0.2, 0.25) is 5.91 Å². The number of nitrogens with one attached hydrogen (secondary N) is 1. The number of benzene rings is 1. The van der Waals surface area contributed by atoms with Crippen molar-refractivity contribution in [2.24, 2.45) is 0 Å². The van der Waals surface area contributed by atoms with Gasteiger partial charge in [-0.2, -0.15) is 8.78 Å². The van der Waals surface area contributed by atoms with Crippen LogP contribution in [-0.2, 0) is 4.79 Å². The number of thiazole rings is 1. The Kier molecular flexibility index (Phi) is 6.44. The van der Waals surface area contributed by atoms with Crippen molar-refractivity contribution in [2.75, 3.05) is 0 Å². The fraction of sp³-hybridized carbons (Fsp3) is 0.150. The van der Waals surface area contributed by atoms with Crippen LogP contribution < -0.4 is 10.1 Å². The quantitative estimate of drug-likeness (QED) is 0.583. The first-order chi connectivity index (χ1) is 13.5. The maximum Gasteiger partial charge on any atom is 0.387 e. The third-order valence-corrected chi connectivity index (χ3v) is 4.79. The van der Waals surface area contributed by atoms with Crippen molar-refractivity contribution in [1.29, 1.82) is 0 Å². The van der Waals surface area contributed by atoms with Crippen LogP contribution in [0.1, 0.15) is 23.5 Å². The van der Waals surface area contributed by atoms with Crippen LogP contribution in [0.25, 0.3) is 17.3 Å². The summed E-state index contributed by atoms with van der Waals surface area (Å²) >= 11 is 1.44. The van der Waals surface area contributed by atoms with Crippen molar-refractivity contribution < 1.29 is 18.3 Å². The number of pyridine rings is 1. The Labute approximate surface area is 164 Å². The monoisotopic (exact) mass is 401 g/mol. The molecule has 1 aromatic carbocycles. The summed E-state index contributed by atoms with van der Waals surface area (Å²) in [6.07, 6.45) is 6.13. The van der Waals surface area contributed by atoms with Crippen molar-refractivity contribution in [1.82, 2.24) is 15.3 Å². The molecule has 0 bridgehead atoms. The minimum atomic E-state index is -2.93. The van der Waals surface area contributed by atoms with Gasteiger partial charge in [-0.05, 0) is 31.2 Å². The van der Waals surface area contributed by atoms with E-state index in [-0.39, 0.29) is 17.7 Å². The van der Waals surface area contributed by atoms with Gasteiger partial charge in [0.15, 0.2) is 0 Å². The Morgan fingerprint density at radius 1 is 1.25 bits per heavy atom. The second kappa shape index (κ2) is 9.18. The predicted molar refractivity (Wildman–Crippen MR) is 104 cm³/mol. The number of nitrogens with zero attached hydrogens (tertiary/aromatic N) is 2. The highest BCUT2D eigenvalue weighted by molar-refractivity contribution is 7.10. The molecule has 0 radical (unpaired) electrons. The van der Waals surface area contributed by atoms with Crippen molar-refractivity contribution >= 4 is 23.3 Å². The van der Waals surface area contributed by atoms with E-state index in [2.05, 4.69) is 20.0 Å². The van der Waals surface area contributed by atoms with Crippen molar-refractivity contribution in [3.05, 3.63) is 70.8 Å². The first kappa shape index (κ1) is 19.6. The van der Waals surface area contributed by atoms with E-state index in [9.17, 15) is 13.6 Å². The number of ether oxygens (including phenoxy) is 1. The summed E-state index contributed by atoms with van der Waals surface area (Å²) in [5.74, 6) is -0.354. The smallest absolute Gasteiger partial charge is 0.387 e. The highest BCUT2D eigenvalue weighted by atomic mass is 32.1. The van der Waals surface area contributed by atoms with Gasteiger partial charge in [-0.15, -0.1) is 11.3 Å². The van der Waals surface area contributed by atoms with E-state index in [1.54, 1.807) is 30.6 Å². The van der Waals surface area contributed by atoms with E-state index in [1.165, 1.54) is 29.6 Å². The van der Waals surface area contributed by atoms with E-state index >= 15 is 0 Å². The molecule has 3 aromatic rings. The Morgan fingerprint density at radius 3 is 2.82 bits per heavy atom. The van der Waals surface area contributed by atoms with Gasteiger partial charge in [0.1, 0.15) is 10.8 Å². The summed E-state index contributed by atoms with van der Waals surface area (Å²) in [5, 5.41) is 5.47. The topological polar surface area (TPSA) is 64.1 Å². The predicted octanol–water partition coefficient (Wildman–Crippen LogP) is 4.70. The van der Waals surface area contributed by atoms with Crippen LogP contribution in [0.5, 0.6) is 5.75 Å². The Hall–Kier alpha value is -3.13. The molecule has 144 valence electrons. The van der Waals surface area contributed by atoms with E-state index < -0.39 is 6.61 Å². The first-order valence-corrected chi connectivity index (χ1v) is 9.29. The zero-order chi connectivity index (χ0) is 19.9. The van der Waals surface area contributed by atoms with Crippen molar-refractivity contribution in [3.63, 3.8) is 0 Å². The lowest BCUT2D eigenvalue weighted by molar-refractivity contribution is -0.117. The molecule has 0 aliphatic heterocycles. The summed E-state index contributed by atoms with van der Waals surface area (Å²) in [6.45, 7) is -1.10. The van der Waals surface area contributed by atoms with Crippen molar-refractivity contribution in [3.8, 4) is 17.0 Å². The molecule has 1 unspecified atom stereocenters. The average Bonchev–Trinajstić information content (AvgIpc) is 3.18. The lowest BCUT2D eigenvalue weighted by Gasteiger charge is -2.10. The standard InChI is InChI=1S/C20H17F2N3O2S/c1-13(19-25-16(12-28-19)15-6-4-10-23-11-15)24-18(26)9-8-14-5-2-3-7-17(14)27-20(21)22/h2-13,20H,1H3,(H,24,26). The van der Waals surface area contributed by atoms with Crippen molar-refractivity contribution in [2.45, 2.75) is 19.6 Å². The molecule has 1 atom stereocenters. The normalized spacial score (nSPS) is 12.3. The molecule has 0 spiro atoms. The lowest BCUT2D eigenvalue weighted by atomic mass is 10.2. The van der Waals surface area contributed by atoms with Gasteiger partial charge in [0, 0.05) is 35.0 Å². The first-order valence-electron chi connectivity index (χ1n) is 8.41. The Morgan fingerprint density at radius 2 is 2.07 bits per heavy atom. The van der Waals surface area contributed by atoms with Crippen LogP contribution in [0.3, 0.4) is 0 Å². The molecule has 2 aromatic heterocycles. The number of amides is 1. The lowest BCUT2D eigenvalue weighted by Crippen LogP contribution is -2.24. The molecule has 8 heteroatoms. The molecule has 1 N–H and O–H groups in total. The van der Waals surface area contributed by atoms with Crippen LogP contribution in [0.2, 0.25) is 0 Å². The number of hydrogen-bond acceptors (Lipinski definition) is 5. The maximum atomic E-state index is 12.4. The van der Waals surface area contributed by atoms with Gasteiger partial charge in [0.05, 0.1) is 11.7 Å². The second-order valence-electron chi connectivity index (χ2n) is 5.79. The summed E-state index contributed by atoms with van der Waals surface area (Å²) in [6, 6.07) is 9.71. The van der Waals surface area contributed by atoms with E-state index in [0.717, 1.165) is 16.3 Å². The number of hydrogen-bond donors (Lipinski definition) is 1. The molecule has 0 saturated carbocycles. The van der Waals surface area contributed by atoms with Gasteiger partial charge in [0.25, 0.3) is 0 Å². The summed E-state index contributed by atoms with van der Waals surface area (Å²) < 4.78 is 29.3. The van der Waals surface area contributed by atoms with E-state index in [0.29, 0.717) is 5.56 Å². The number of para-hydroxylation sites is 1. The molecule has 2 heterocycles. The molecule has 0 aliphatic carbocycles. The van der Waals surface area contributed by atoms with Crippen LogP contribution >= 0.6 is 11.3 Å². The number of rotatable bonds is 7. The third kappa shape index (κ3) is 5.20. The van der Waals surface area contributed by atoms with Crippen LogP contribution in [0, 0.1) is 0 Å². The third-order valence-electron chi connectivity index (χ3n) is 3.76. The fourth-order valence-electron chi connectivity index (χ4n) is 2.44. The van der Waals surface area contributed by atoms with Gasteiger partial charge in [-0.25, -0.2) is 4.98 Å². The molecule has 28 heavy (non-hydrogen) atoms. The summed E-state index contributed by atoms with van der Waals surface area (Å²) in [5.41, 5.74) is 2.08. The molecule has 0 aliphatic rings. The highest BCUT2D eigenvalue weighted by Gasteiger charge is 2.13. The molecule has 1 amide bonds. The van der Waals surface area contributed by atoms with Crippen LogP contribution in [0.4, 0.5) is 8.78 Å². The van der Waals surface area contributed by atoms with Gasteiger partial charge in [-0.3, -0.25) is 9.78 Å². The zero-order valence-corrected chi connectivity index (χ0v) is 15.7. The SMILES string of the molecule is CC(NC(=O)C=Cc1ccccc1OC(F)F)c1nc(-c2cccnc2)cs1. The van der Waals surface area contributed by atoms with Crippen LogP contribution in [0.15, 0.2) is 60.2 Å². The minimum Gasteiger partial charge on any atom is -0.434 e. The zero-order valence-electron chi connectivity index (χ0n) is 14.9. The average molecular weight is 401 g/mol. The minimum absolute atomic E-state index is 0.00985. The fourth-order valence-corrected chi connectivity index (χ4v) is 3.28. The molecular weight excluding hydrogens is 384 g/mol. The van der Waals surface area contributed by atoms with E-state index in [4.69, 9.17) is 0 Å². The van der Waals surface area contributed by atoms with Crippen LogP contribution in [-0.4, -0.2) is 22.5 Å². The molecule has 0 saturated heterocycles. The summed E-state index contributed by atoms with van der Waals surface area (Å²) in [4.78, 5) is 20.8. The Balaban J connectivity index is 1.64. The number of alkyl halides is 2. The largest absolute Gasteiger partial charge is 0.434 e. The van der Waals surface area contributed by atoms with Gasteiger partial charge < -0.3 is 10.1 Å². The number of carbonyl (C=O) groups is 1. The number of halogens is 2. The molecule has 3 rings (SSSR count). The van der Waals surface area contributed by atoms with E-state index in [1.807, 2.05) is 24.4 Å². The molecular formula is C20H17F2N3O2S. The number of carbonyl (C=O) groups excluding carboxylic acids is 1. The molecule has 0 fully saturated rings. The number of aromatic nitrogens is 2. The van der Waals surface area contributed by atoms with Gasteiger partial charge in [-0.1, -0.05) is 18.2 Å². The summed E-state index contributed by atoms with van der Waals surface area (Å²) in [7, 11) is 0. The molecule has 5 nitrogen and oxygen atoms in total. The maximum absolute atomic E-state index is 12.4. The van der Waals surface area contributed by atoms with Gasteiger partial charge >= 0.3 is 6.61 Å². The second-order valence-corrected chi connectivity index (χ2v) is 6.68. The Bertz CT molecular complexity index is 961. The highest BCUT2D eigenvalue weighted by Crippen LogP contribution is 2.25.